The van der Waals surface area contributed by atoms with E-state index in [1.807, 2.05) is 37.1 Å². The number of piperidine rings is 1. The maximum Gasteiger partial charge on any atom is 0.344 e. The van der Waals surface area contributed by atoms with E-state index in [9.17, 15) is 14.7 Å². The largest absolute Gasteiger partial charge is 0.496 e. The molecule has 1 aliphatic carbocycles. The molecule has 0 amide bonds. The Balaban J connectivity index is 1.27. The summed E-state index contributed by atoms with van der Waals surface area (Å²) in [4.78, 5) is 53.4. The van der Waals surface area contributed by atoms with Crippen molar-refractivity contribution < 1.29 is 43.2 Å². The van der Waals surface area contributed by atoms with Crippen molar-refractivity contribution in [1.82, 2.24) is 14.8 Å². The van der Waals surface area contributed by atoms with Crippen LogP contribution >= 0.6 is 0 Å². The molecular formula is C46H56N4O9. The first-order valence-corrected chi connectivity index (χ1v) is 21.3. The number of nitrogens with zero attached hydrogens (tertiary/aromatic N) is 3. The molecule has 1 saturated carbocycles. The molecule has 2 N–H and O–H groups in total. The number of H-pyrrole nitrogens is 1. The SMILES string of the molecule is CCC12CC3CN(CCc4c([nH]c5ccccc45)C(C(=O)OC)(c4cc5c(cc4OC)N(C)C4C(O)(C(=O)OC)C(OC(C)=O)C6(CC)C=CCN7CCC54C76)C3)C1O2. The maximum atomic E-state index is 15.4. The Hall–Kier alpha value is -4.43. The number of carbonyl (C=O) groups excluding carboxylic acids is 3. The van der Waals surface area contributed by atoms with Gasteiger partial charge in [0.05, 0.1) is 27.4 Å². The molecule has 3 aromatic rings. The van der Waals surface area contributed by atoms with Gasteiger partial charge in [-0.25, -0.2) is 4.79 Å². The lowest BCUT2D eigenvalue weighted by Crippen LogP contribution is -2.81. The third-order valence-corrected chi connectivity index (χ3v) is 16.0. The number of epoxide rings is 1. The van der Waals surface area contributed by atoms with Gasteiger partial charge in [0.2, 0.25) is 5.60 Å². The lowest BCUT2D eigenvalue weighted by Gasteiger charge is -2.63. The van der Waals surface area contributed by atoms with Crippen LogP contribution in [0.25, 0.3) is 10.9 Å². The minimum Gasteiger partial charge on any atom is -0.496 e. The molecule has 2 bridgehead atoms. The number of likely N-dealkylation sites (N-methyl/N-ethyl adjacent to an activating group) is 1. The molecule has 7 heterocycles. The van der Waals surface area contributed by atoms with Gasteiger partial charge in [-0.3, -0.25) is 19.4 Å². The van der Waals surface area contributed by atoms with Crippen LogP contribution in [0.2, 0.25) is 0 Å². The van der Waals surface area contributed by atoms with Gasteiger partial charge in [0.25, 0.3) is 0 Å². The molecule has 59 heavy (non-hydrogen) atoms. The van der Waals surface area contributed by atoms with Gasteiger partial charge in [0, 0.05) is 84.4 Å². The number of hydrogen-bond acceptors (Lipinski definition) is 12. The summed E-state index contributed by atoms with van der Waals surface area (Å²) >= 11 is 0. The van der Waals surface area contributed by atoms with Crippen molar-refractivity contribution in [3.63, 3.8) is 0 Å². The van der Waals surface area contributed by atoms with E-state index in [2.05, 4.69) is 52.1 Å². The third-order valence-electron chi connectivity index (χ3n) is 16.0. The van der Waals surface area contributed by atoms with Gasteiger partial charge in [-0.05, 0) is 74.2 Å². The van der Waals surface area contributed by atoms with Crippen LogP contribution in [-0.4, -0.2) is 128 Å². The van der Waals surface area contributed by atoms with Crippen LogP contribution in [0.4, 0.5) is 5.69 Å². The Labute approximate surface area is 344 Å². The highest BCUT2D eigenvalue weighted by molar-refractivity contribution is 5.95. The lowest BCUT2D eigenvalue weighted by molar-refractivity contribution is -0.228. The van der Waals surface area contributed by atoms with Crippen LogP contribution < -0.4 is 9.64 Å². The summed E-state index contributed by atoms with van der Waals surface area (Å²) in [6.45, 7) is 8.44. The standard InChI is InChI=1S/C46H56N4O9/c1-8-42-16-12-18-49-20-17-44(36(42)49)30-21-31(34(55-5)22-33(30)48(4)37(44)46(54,41(53)57-7)38(42)58-26(3)51)45(40(52)56-6)24-27-23-43(9-2)39(59-43)50(25-27)19-15-29-28-13-10-11-14-32(28)47-35(29)45/h10-14,16,21-22,27,36-39,47,54H,8-9,15,17-20,23-25H2,1-7H3. The monoisotopic (exact) mass is 808 g/mol. The molecule has 6 aliphatic heterocycles. The smallest absolute Gasteiger partial charge is 0.344 e. The number of para-hydroxylation sites is 1. The van der Waals surface area contributed by atoms with Gasteiger partial charge in [-0.2, -0.15) is 0 Å². The maximum absolute atomic E-state index is 15.4. The van der Waals surface area contributed by atoms with E-state index in [-0.39, 0.29) is 29.8 Å². The van der Waals surface area contributed by atoms with Crippen molar-refractivity contribution in [2.45, 2.75) is 106 Å². The molecule has 11 atom stereocenters. The highest BCUT2D eigenvalue weighted by Gasteiger charge is 2.80. The van der Waals surface area contributed by atoms with Crippen molar-refractivity contribution in [2.24, 2.45) is 11.3 Å². The molecule has 13 heteroatoms. The summed E-state index contributed by atoms with van der Waals surface area (Å²) in [6.07, 6.45) is 6.85. The average Bonchev–Trinajstić information content (AvgIpc) is 3.52. The fraction of sp³-hybridized carbons (Fsp3) is 0.587. The van der Waals surface area contributed by atoms with Crippen molar-refractivity contribution in [1.29, 1.82) is 0 Å². The van der Waals surface area contributed by atoms with E-state index in [0.717, 1.165) is 59.3 Å². The minimum atomic E-state index is -2.28. The predicted molar refractivity (Wildman–Crippen MR) is 218 cm³/mol. The highest BCUT2D eigenvalue weighted by Crippen LogP contribution is 2.68. The number of anilines is 1. The number of aliphatic hydroxyl groups is 1. The molecule has 3 saturated heterocycles. The number of fused-ring (bicyclic) bond motifs is 8. The third kappa shape index (κ3) is 4.73. The molecule has 1 spiro atoms. The summed E-state index contributed by atoms with van der Waals surface area (Å²) in [5.74, 6) is -1.27. The summed E-state index contributed by atoms with van der Waals surface area (Å²) in [5.41, 5.74) is -0.578. The molecule has 10 rings (SSSR count). The fourth-order valence-electron chi connectivity index (χ4n) is 13.9. The number of nitrogens with one attached hydrogen (secondary N) is 1. The van der Waals surface area contributed by atoms with E-state index in [1.165, 1.54) is 21.1 Å². The molecule has 13 nitrogen and oxygen atoms in total. The quantitative estimate of drug-likeness (QED) is 0.152. The second kappa shape index (κ2) is 13.0. The molecule has 7 aliphatic rings. The summed E-state index contributed by atoms with van der Waals surface area (Å²) < 4.78 is 30.6. The molecule has 11 unspecified atom stereocenters. The zero-order valence-corrected chi connectivity index (χ0v) is 35.1. The van der Waals surface area contributed by atoms with Crippen LogP contribution in [0, 0.1) is 11.3 Å². The van der Waals surface area contributed by atoms with E-state index in [1.54, 1.807) is 7.11 Å². The van der Waals surface area contributed by atoms with Gasteiger partial charge < -0.3 is 38.7 Å². The highest BCUT2D eigenvalue weighted by atomic mass is 16.6. The molecule has 314 valence electrons. The van der Waals surface area contributed by atoms with Gasteiger partial charge in [-0.1, -0.05) is 44.2 Å². The number of methoxy groups -OCH3 is 3. The number of benzene rings is 2. The number of aromatic nitrogens is 1. The molecular weight excluding hydrogens is 753 g/mol. The number of ether oxygens (including phenoxy) is 5. The molecule has 1 aromatic heterocycles. The number of aromatic amines is 1. The zero-order chi connectivity index (χ0) is 41.4. The molecule has 0 radical (unpaired) electrons. The summed E-state index contributed by atoms with van der Waals surface area (Å²) in [6, 6.07) is 11.2. The van der Waals surface area contributed by atoms with E-state index in [4.69, 9.17) is 23.7 Å². The van der Waals surface area contributed by atoms with Crippen LogP contribution in [0.3, 0.4) is 0 Å². The van der Waals surface area contributed by atoms with Crippen LogP contribution in [0.5, 0.6) is 5.75 Å². The van der Waals surface area contributed by atoms with E-state index < -0.39 is 45.9 Å². The van der Waals surface area contributed by atoms with E-state index >= 15 is 4.79 Å². The summed E-state index contributed by atoms with van der Waals surface area (Å²) in [5, 5.41) is 14.4. The number of carbonyl (C=O) groups is 3. The predicted octanol–water partition coefficient (Wildman–Crippen LogP) is 4.35. The second-order valence-corrected chi connectivity index (χ2v) is 18.3. The number of hydrogen-bond donors (Lipinski definition) is 2. The fourth-order valence-corrected chi connectivity index (χ4v) is 13.9. The second-order valence-electron chi connectivity index (χ2n) is 18.3. The first-order chi connectivity index (χ1) is 28.3. The average molecular weight is 809 g/mol. The van der Waals surface area contributed by atoms with E-state index in [0.29, 0.717) is 50.1 Å². The van der Waals surface area contributed by atoms with Crippen molar-refractivity contribution in [3.8, 4) is 5.75 Å². The topological polar surface area (TPSA) is 146 Å². The van der Waals surface area contributed by atoms with Crippen molar-refractivity contribution >= 4 is 34.5 Å². The first kappa shape index (κ1) is 38.8. The Morgan fingerprint density at radius 3 is 2.46 bits per heavy atom. The van der Waals surface area contributed by atoms with Crippen molar-refractivity contribution in [3.05, 3.63) is 70.9 Å². The van der Waals surface area contributed by atoms with Crippen LogP contribution in [0.1, 0.15) is 75.3 Å². The Kier molecular flexibility index (Phi) is 8.56. The van der Waals surface area contributed by atoms with Gasteiger partial charge in [0.15, 0.2) is 6.10 Å². The van der Waals surface area contributed by atoms with Crippen LogP contribution in [0.15, 0.2) is 48.6 Å². The lowest BCUT2D eigenvalue weighted by atomic mass is 9.47. The Morgan fingerprint density at radius 1 is 0.966 bits per heavy atom. The normalized spacial score (nSPS) is 38.7. The Morgan fingerprint density at radius 2 is 1.75 bits per heavy atom. The van der Waals surface area contributed by atoms with Gasteiger partial charge >= 0.3 is 17.9 Å². The van der Waals surface area contributed by atoms with Gasteiger partial charge in [0.1, 0.15) is 23.0 Å². The number of esters is 3. The first-order valence-electron chi connectivity index (χ1n) is 21.3. The zero-order valence-electron chi connectivity index (χ0n) is 35.1. The van der Waals surface area contributed by atoms with Gasteiger partial charge in [-0.15, -0.1) is 0 Å². The summed E-state index contributed by atoms with van der Waals surface area (Å²) in [7, 11) is 6.24. The number of rotatable bonds is 7. The Bertz CT molecular complexity index is 2310. The van der Waals surface area contributed by atoms with Crippen molar-refractivity contribution in [2.75, 3.05) is 59.5 Å². The minimum absolute atomic E-state index is 0.0634. The molecule has 2 aromatic carbocycles. The molecule has 4 fully saturated rings. The van der Waals surface area contributed by atoms with Crippen LogP contribution in [-0.2, 0) is 50.6 Å².